The number of benzene rings is 2. The average Bonchev–Trinajstić information content (AvgIpc) is 2.60. The zero-order valence-corrected chi connectivity index (χ0v) is 16.1. The minimum atomic E-state index is -3.86. The summed E-state index contributed by atoms with van der Waals surface area (Å²) in [6, 6.07) is 13.4. The van der Waals surface area contributed by atoms with Gasteiger partial charge in [-0.05, 0) is 36.8 Å². The van der Waals surface area contributed by atoms with E-state index in [0.717, 1.165) is 15.4 Å². The van der Waals surface area contributed by atoms with Gasteiger partial charge in [-0.1, -0.05) is 47.5 Å². The van der Waals surface area contributed by atoms with Gasteiger partial charge in [0, 0.05) is 18.1 Å². The van der Waals surface area contributed by atoms with Crippen LogP contribution < -0.4 is 5.32 Å². The molecule has 0 atom stereocenters. The van der Waals surface area contributed by atoms with Crippen molar-refractivity contribution in [1.82, 2.24) is 9.62 Å². The second-order valence-electron chi connectivity index (χ2n) is 5.81. The van der Waals surface area contributed by atoms with Gasteiger partial charge in [0.15, 0.2) is 0 Å². The third-order valence-electron chi connectivity index (χ3n) is 3.66. The highest BCUT2D eigenvalue weighted by molar-refractivity contribution is 7.89. The molecule has 0 fully saturated rings. The highest BCUT2D eigenvalue weighted by atomic mass is 35.5. The highest BCUT2D eigenvalue weighted by Gasteiger charge is 2.26. The number of rotatable bonds is 8. The molecule has 0 spiro atoms. The van der Waals surface area contributed by atoms with Crippen LogP contribution >= 0.6 is 11.6 Å². The Bertz CT molecular complexity index is 880. The van der Waals surface area contributed by atoms with Crippen LogP contribution in [0, 0.1) is 6.92 Å². The Kier molecular flexibility index (Phi) is 6.97. The molecule has 0 aliphatic carbocycles. The minimum Gasteiger partial charge on any atom is -0.351 e. The molecule has 7 heteroatoms. The van der Waals surface area contributed by atoms with Gasteiger partial charge < -0.3 is 5.32 Å². The molecule has 2 aromatic rings. The lowest BCUT2D eigenvalue weighted by Crippen LogP contribution is -2.40. The predicted octanol–water partition coefficient (Wildman–Crippen LogP) is 3.14. The fourth-order valence-electron chi connectivity index (χ4n) is 2.40. The van der Waals surface area contributed by atoms with Crippen LogP contribution in [0.3, 0.4) is 0 Å². The maximum Gasteiger partial charge on any atom is 0.243 e. The highest BCUT2D eigenvalue weighted by Crippen LogP contribution is 2.20. The smallest absolute Gasteiger partial charge is 0.243 e. The van der Waals surface area contributed by atoms with Crippen LogP contribution in [0.5, 0.6) is 0 Å². The molecule has 1 amide bonds. The van der Waals surface area contributed by atoms with E-state index in [1.807, 2.05) is 31.2 Å². The van der Waals surface area contributed by atoms with E-state index in [4.69, 9.17) is 11.6 Å². The summed E-state index contributed by atoms with van der Waals surface area (Å²) in [7, 11) is -3.86. The van der Waals surface area contributed by atoms with Crippen molar-refractivity contribution in [2.24, 2.45) is 0 Å². The molecule has 0 radical (unpaired) electrons. The van der Waals surface area contributed by atoms with Crippen molar-refractivity contribution in [2.75, 3.05) is 13.1 Å². The fourth-order valence-corrected chi connectivity index (χ4v) is 3.91. The van der Waals surface area contributed by atoms with E-state index in [2.05, 4.69) is 11.9 Å². The van der Waals surface area contributed by atoms with Gasteiger partial charge >= 0.3 is 0 Å². The van der Waals surface area contributed by atoms with Crippen molar-refractivity contribution < 1.29 is 13.2 Å². The Labute approximate surface area is 159 Å². The SMILES string of the molecule is C=CCNC(=O)CN(Cc1cccc(C)c1)S(=O)(=O)c1ccc(Cl)cc1. The molecule has 0 aromatic heterocycles. The Morgan fingerprint density at radius 1 is 1.23 bits per heavy atom. The number of hydrogen-bond donors (Lipinski definition) is 1. The summed E-state index contributed by atoms with van der Waals surface area (Å²) < 4.78 is 27.2. The summed E-state index contributed by atoms with van der Waals surface area (Å²) >= 11 is 5.85. The Morgan fingerprint density at radius 2 is 1.92 bits per heavy atom. The summed E-state index contributed by atoms with van der Waals surface area (Å²) in [5.41, 5.74) is 1.82. The van der Waals surface area contributed by atoms with Crippen molar-refractivity contribution in [1.29, 1.82) is 0 Å². The van der Waals surface area contributed by atoms with E-state index >= 15 is 0 Å². The van der Waals surface area contributed by atoms with E-state index in [0.29, 0.717) is 5.02 Å². The zero-order valence-electron chi connectivity index (χ0n) is 14.5. The predicted molar refractivity (Wildman–Crippen MR) is 103 cm³/mol. The maximum absolute atomic E-state index is 13.0. The van der Waals surface area contributed by atoms with Crippen LogP contribution in [0.2, 0.25) is 5.02 Å². The average molecular weight is 393 g/mol. The molecule has 0 aliphatic rings. The van der Waals surface area contributed by atoms with Gasteiger partial charge in [0.2, 0.25) is 15.9 Å². The van der Waals surface area contributed by atoms with E-state index in [1.165, 1.54) is 30.3 Å². The van der Waals surface area contributed by atoms with Gasteiger partial charge in [-0.25, -0.2) is 8.42 Å². The molecular weight excluding hydrogens is 372 g/mol. The first-order chi connectivity index (χ1) is 12.3. The van der Waals surface area contributed by atoms with Crippen LogP contribution in [0.1, 0.15) is 11.1 Å². The van der Waals surface area contributed by atoms with Crippen molar-refractivity contribution in [3.8, 4) is 0 Å². The van der Waals surface area contributed by atoms with Crippen LogP contribution in [-0.2, 0) is 21.4 Å². The Hall–Kier alpha value is -2.15. The normalized spacial score (nSPS) is 11.3. The standard InChI is InChI=1S/C19H21ClN2O3S/c1-3-11-21-19(23)14-22(13-16-6-4-5-15(2)12-16)26(24,25)18-9-7-17(20)8-10-18/h3-10,12H,1,11,13-14H2,2H3,(H,21,23). The van der Waals surface area contributed by atoms with E-state index in [9.17, 15) is 13.2 Å². The van der Waals surface area contributed by atoms with Crippen LogP contribution in [-0.4, -0.2) is 31.7 Å². The van der Waals surface area contributed by atoms with Crippen LogP contribution in [0.4, 0.5) is 0 Å². The second kappa shape index (κ2) is 8.98. The van der Waals surface area contributed by atoms with Crippen molar-refractivity contribution in [3.63, 3.8) is 0 Å². The van der Waals surface area contributed by atoms with Crippen LogP contribution in [0.15, 0.2) is 66.1 Å². The van der Waals surface area contributed by atoms with Crippen molar-refractivity contribution >= 4 is 27.5 Å². The summed E-state index contributed by atoms with van der Waals surface area (Å²) in [4.78, 5) is 12.2. The lowest BCUT2D eigenvalue weighted by atomic mass is 10.1. The van der Waals surface area contributed by atoms with Crippen LogP contribution in [0.25, 0.3) is 0 Å². The molecule has 0 saturated heterocycles. The quantitative estimate of drug-likeness (QED) is 0.702. The van der Waals surface area contributed by atoms with E-state index in [1.54, 1.807) is 0 Å². The topological polar surface area (TPSA) is 66.5 Å². The monoisotopic (exact) mass is 392 g/mol. The van der Waals surface area contributed by atoms with Gasteiger partial charge in [0.1, 0.15) is 0 Å². The zero-order chi connectivity index (χ0) is 19.2. The number of amides is 1. The number of carbonyl (C=O) groups is 1. The van der Waals surface area contributed by atoms with E-state index in [-0.39, 0.29) is 24.5 Å². The lowest BCUT2D eigenvalue weighted by Gasteiger charge is -2.22. The first-order valence-corrected chi connectivity index (χ1v) is 9.83. The summed E-state index contributed by atoms with van der Waals surface area (Å²) in [5.74, 6) is -0.393. The van der Waals surface area contributed by atoms with Crippen molar-refractivity contribution in [2.45, 2.75) is 18.4 Å². The number of aryl methyl sites for hydroxylation is 1. The first kappa shape index (κ1) is 20.2. The molecule has 1 N–H and O–H groups in total. The molecule has 0 aliphatic heterocycles. The van der Waals surface area contributed by atoms with Gasteiger partial charge in [-0.15, -0.1) is 6.58 Å². The minimum absolute atomic E-state index is 0.0890. The second-order valence-corrected chi connectivity index (χ2v) is 8.18. The summed E-state index contributed by atoms with van der Waals surface area (Å²) in [6.07, 6.45) is 1.54. The molecular formula is C19H21ClN2O3S. The largest absolute Gasteiger partial charge is 0.351 e. The van der Waals surface area contributed by atoms with Gasteiger partial charge in [-0.3, -0.25) is 4.79 Å². The summed E-state index contributed by atoms with van der Waals surface area (Å²) in [5, 5.41) is 3.05. The number of carbonyl (C=O) groups excluding carboxylic acids is 1. The Balaban J connectivity index is 2.33. The molecule has 0 bridgehead atoms. The molecule has 2 aromatic carbocycles. The molecule has 138 valence electrons. The maximum atomic E-state index is 13.0. The Morgan fingerprint density at radius 3 is 2.54 bits per heavy atom. The fraction of sp³-hybridized carbons (Fsp3) is 0.211. The van der Waals surface area contributed by atoms with E-state index < -0.39 is 15.9 Å². The lowest BCUT2D eigenvalue weighted by molar-refractivity contribution is -0.121. The molecule has 0 saturated carbocycles. The third kappa shape index (κ3) is 5.42. The van der Waals surface area contributed by atoms with Gasteiger partial charge in [-0.2, -0.15) is 4.31 Å². The van der Waals surface area contributed by atoms with Gasteiger partial charge in [0.05, 0.1) is 11.4 Å². The number of halogens is 1. The number of hydrogen-bond acceptors (Lipinski definition) is 3. The van der Waals surface area contributed by atoms with Gasteiger partial charge in [0.25, 0.3) is 0 Å². The molecule has 2 rings (SSSR count). The summed E-state index contributed by atoms with van der Waals surface area (Å²) in [6.45, 7) is 5.55. The third-order valence-corrected chi connectivity index (χ3v) is 5.71. The number of nitrogens with zero attached hydrogens (tertiary/aromatic N) is 1. The van der Waals surface area contributed by atoms with Crippen molar-refractivity contribution in [3.05, 3.63) is 77.3 Å². The first-order valence-electron chi connectivity index (χ1n) is 8.02. The molecule has 0 heterocycles. The molecule has 5 nitrogen and oxygen atoms in total. The molecule has 0 unspecified atom stereocenters. The number of nitrogens with one attached hydrogen (secondary N) is 1. The number of sulfonamides is 1. The molecule has 26 heavy (non-hydrogen) atoms.